The largest absolute Gasteiger partial charge is 0.342 e. The fraction of sp³-hybridized carbons (Fsp3) is 0.636. The van der Waals surface area contributed by atoms with Crippen LogP contribution in [-0.2, 0) is 16.1 Å². The van der Waals surface area contributed by atoms with Crippen LogP contribution in [0.25, 0.3) is 0 Å². The summed E-state index contributed by atoms with van der Waals surface area (Å²) in [5.41, 5.74) is 0.528. The van der Waals surface area contributed by atoms with E-state index < -0.39 is 0 Å². The van der Waals surface area contributed by atoms with Crippen molar-refractivity contribution in [3.63, 3.8) is 0 Å². The minimum atomic E-state index is -0.282. The van der Waals surface area contributed by atoms with Gasteiger partial charge >= 0.3 is 0 Å². The zero-order chi connectivity index (χ0) is 19.9. The quantitative estimate of drug-likeness (QED) is 0.778. The number of piperidine rings is 1. The van der Waals surface area contributed by atoms with Crippen LogP contribution in [0.5, 0.6) is 0 Å². The predicted molar refractivity (Wildman–Crippen MR) is 107 cm³/mol. The van der Waals surface area contributed by atoms with Gasteiger partial charge in [0.1, 0.15) is 5.82 Å². The first-order valence-corrected chi connectivity index (χ1v) is 10.5. The number of likely N-dealkylation sites (tertiary alicyclic amines) is 2. The number of amides is 2. The molecular formula is C22H32FN3O2. The van der Waals surface area contributed by atoms with Crippen LogP contribution in [0.3, 0.4) is 0 Å². The van der Waals surface area contributed by atoms with Crippen LogP contribution >= 0.6 is 0 Å². The fourth-order valence-corrected chi connectivity index (χ4v) is 4.17. The van der Waals surface area contributed by atoms with Crippen LogP contribution in [-0.4, -0.2) is 66.3 Å². The molecule has 28 heavy (non-hydrogen) atoms. The molecular weight excluding hydrogens is 357 g/mol. The van der Waals surface area contributed by atoms with Gasteiger partial charge in [-0.1, -0.05) is 31.0 Å². The predicted octanol–water partition coefficient (Wildman–Crippen LogP) is 2.90. The van der Waals surface area contributed by atoms with Gasteiger partial charge in [0.2, 0.25) is 11.8 Å². The highest BCUT2D eigenvalue weighted by Crippen LogP contribution is 2.22. The van der Waals surface area contributed by atoms with Crippen molar-refractivity contribution in [2.75, 3.05) is 39.8 Å². The molecule has 2 saturated heterocycles. The van der Waals surface area contributed by atoms with E-state index in [1.165, 1.54) is 18.9 Å². The van der Waals surface area contributed by atoms with Crippen molar-refractivity contribution in [1.82, 2.24) is 14.7 Å². The molecule has 6 heteroatoms. The first kappa shape index (κ1) is 20.8. The monoisotopic (exact) mass is 389 g/mol. The number of carbonyl (C=O) groups is 2. The van der Waals surface area contributed by atoms with Crippen LogP contribution in [0.4, 0.5) is 4.39 Å². The summed E-state index contributed by atoms with van der Waals surface area (Å²) in [6, 6.07) is 6.55. The van der Waals surface area contributed by atoms with E-state index in [2.05, 4.69) is 9.80 Å². The van der Waals surface area contributed by atoms with Crippen molar-refractivity contribution >= 4 is 11.8 Å². The van der Waals surface area contributed by atoms with Gasteiger partial charge in [0.15, 0.2) is 0 Å². The van der Waals surface area contributed by atoms with Crippen molar-refractivity contribution in [3.05, 3.63) is 35.6 Å². The maximum Gasteiger partial charge on any atom is 0.236 e. The van der Waals surface area contributed by atoms with Crippen molar-refractivity contribution < 1.29 is 14.0 Å². The highest BCUT2D eigenvalue weighted by atomic mass is 19.1. The van der Waals surface area contributed by atoms with E-state index in [1.54, 1.807) is 30.1 Å². The molecule has 0 bridgehead atoms. The smallest absolute Gasteiger partial charge is 0.236 e. The van der Waals surface area contributed by atoms with E-state index in [4.69, 9.17) is 0 Å². The SMILES string of the molecule is CN(Cc1ccccc1F)C(=O)CN1CCC(C(=O)N2CCCCCC2)CC1. The second-order valence-corrected chi connectivity index (χ2v) is 8.13. The van der Waals surface area contributed by atoms with Gasteiger partial charge < -0.3 is 9.80 Å². The van der Waals surface area contributed by atoms with Crippen molar-refractivity contribution in [1.29, 1.82) is 0 Å². The second kappa shape index (κ2) is 10.0. The van der Waals surface area contributed by atoms with Gasteiger partial charge in [-0.05, 0) is 44.8 Å². The Morgan fingerprint density at radius 2 is 1.68 bits per heavy atom. The van der Waals surface area contributed by atoms with Crippen LogP contribution in [0, 0.1) is 11.7 Å². The number of nitrogens with zero attached hydrogens (tertiary/aromatic N) is 3. The second-order valence-electron chi connectivity index (χ2n) is 8.13. The van der Waals surface area contributed by atoms with Crippen LogP contribution in [0.15, 0.2) is 24.3 Å². The van der Waals surface area contributed by atoms with Crippen molar-refractivity contribution in [2.45, 2.75) is 45.1 Å². The van der Waals surface area contributed by atoms with E-state index in [0.717, 1.165) is 51.9 Å². The van der Waals surface area contributed by atoms with Gasteiger partial charge in [-0.2, -0.15) is 0 Å². The summed E-state index contributed by atoms with van der Waals surface area (Å²) in [5.74, 6) is 0.112. The zero-order valence-corrected chi connectivity index (χ0v) is 16.9. The van der Waals surface area contributed by atoms with Gasteiger partial charge in [-0.3, -0.25) is 14.5 Å². The minimum Gasteiger partial charge on any atom is -0.342 e. The first-order chi connectivity index (χ1) is 13.5. The molecule has 0 atom stereocenters. The number of likely N-dealkylation sites (N-methyl/N-ethyl adjacent to an activating group) is 1. The molecule has 1 aromatic carbocycles. The Hall–Kier alpha value is -1.95. The Morgan fingerprint density at radius 1 is 1.04 bits per heavy atom. The van der Waals surface area contributed by atoms with Crippen molar-refractivity contribution in [3.8, 4) is 0 Å². The zero-order valence-electron chi connectivity index (χ0n) is 16.9. The minimum absolute atomic E-state index is 0.0134. The number of hydrogen-bond acceptors (Lipinski definition) is 3. The molecule has 0 N–H and O–H groups in total. The Morgan fingerprint density at radius 3 is 2.32 bits per heavy atom. The lowest BCUT2D eigenvalue weighted by Crippen LogP contribution is -2.45. The van der Waals surface area contributed by atoms with Crippen LogP contribution in [0.2, 0.25) is 0 Å². The normalized spacial score (nSPS) is 19.3. The molecule has 0 aliphatic carbocycles. The lowest BCUT2D eigenvalue weighted by Gasteiger charge is -2.34. The third kappa shape index (κ3) is 5.53. The maximum atomic E-state index is 13.8. The van der Waals surface area contributed by atoms with E-state index in [1.807, 2.05) is 0 Å². The number of rotatable bonds is 5. The molecule has 2 aliphatic rings. The molecule has 154 valence electrons. The molecule has 5 nitrogen and oxygen atoms in total. The fourth-order valence-electron chi connectivity index (χ4n) is 4.17. The van der Waals surface area contributed by atoms with Gasteiger partial charge in [0.05, 0.1) is 6.54 Å². The van der Waals surface area contributed by atoms with E-state index in [0.29, 0.717) is 18.0 Å². The standard InChI is InChI=1S/C22H32FN3O2/c1-24(16-19-8-4-5-9-20(19)23)21(27)17-25-14-10-18(11-15-25)22(28)26-12-6-2-3-7-13-26/h4-5,8-9,18H,2-3,6-7,10-17H2,1H3. The molecule has 1 aromatic rings. The van der Waals surface area contributed by atoms with Gasteiger partial charge in [-0.25, -0.2) is 4.39 Å². The topological polar surface area (TPSA) is 43.9 Å². The number of halogens is 1. The Labute approximate surface area is 167 Å². The van der Waals surface area contributed by atoms with Crippen LogP contribution < -0.4 is 0 Å². The van der Waals surface area contributed by atoms with Crippen LogP contribution in [0.1, 0.15) is 44.1 Å². The molecule has 2 aliphatic heterocycles. The highest BCUT2D eigenvalue weighted by molar-refractivity contribution is 5.79. The highest BCUT2D eigenvalue weighted by Gasteiger charge is 2.29. The van der Waals surface area contributed by atoms with E-state index in [9.17, 15) is 14.0 Å². The molecule has 0 unspecified atom stereocenters. The maximum absolute atomic E-state index is 13.8. The lowest BCUT2D eigenvalue weighted by molar-refractivity contribution is -0.137. The van der Waals surface area contributed by atoms with E-state index in [-0.39, 0.29) is 24.2 Å². The first-order valence-electron chi connectivity index (χ1n) is 10.5. The summed E-state index contributed by atoms with van der Waals surface area (Å²) in [4.78, 5) is 31.0. The Bertz CT molecular complexity index is 666. The summed E-state index contributed by atoms with van der Waals surface area (Å²) in [6.07, 6.45) is 6.33. The summed E-state index contributed by atoms with van der Waals surface area (Å²) in [7, 11) is 1.71. The average Bonchev–Trinajstić information content (AvgIpc) is 2.99. The third-order valence-electron chi connectivity index (χ3n) is 6.00. The molecule has 2 heterocycles. The summed E-state index contributed by atoms with van der Waals surface area (Å²) in [6.45, 7) is 3.94. The van der Waals surface area contributed by atoms with Crippen molar-refractivity contribution in [2.24, 2.45) is 5.92 Å². The number of carbonyl (C=O) groups excluding carboxylic acids is 2. The molecule has 0 aromatic heterocycles. The summed E-state index contributed by atoms with van der Waals surface area (Å²) >= 11 is 0. The number of benzene rings is 1. The summed E-state index contributed by atoms with van der Waals surface area (Å²) < 4.78 is 13.8. The average molecular weight is 390 g/mol. The molecule has 0 spiro atoms. The van der Waals surface area contributed by atoms with Gasteiger partial charge in [0, 0.05) is 38.2 Å². The molecule has 2 fully saturated rings. The van der Waals surface area contributed by atoms with E-state index >= 15 is 0 Å². The molecule has 2 amide bonds. The number of hydrogen-bond donors (Lipinski definition) is 0. The Kier molecular flexibility index (Phi) is 7.43. The van der Waals surface area contributed by atoms with Gasteiger partial charge in [0.25, 0.3) is 0 Å². The summed E-state index contributed by atoms with van der Waals surface area (Å²) in [5, 5.41) is 0. The molecule has 0 saturated carbocycles. The van der Waals surface area contributed by atoms with Gasteiger partial charge in [-0.15, -0.1) is 0 Å². The lowest BCUT2D eigenvalue weighted by atomic mass is 9.95. The molecule has 3 rings (SSSR count). The Balaban J connectivity index is 1.43. The molecule has 0 radical (unpaired) electrons. The third-order valence-corrected chi connectivity index (χ3v) is 6.00.